The molecule has 0 aromatic rings. The highest BCUT2D eigenvalue weighted by Crippen LogP contribution is 1.87. The van der Waals surface area contributed by atoms with Crippen LogP contribution >= 0.6 is 0 Å². The third-order valence-corrected chi connectivity index (χ3v) is 0.704. The first-order chi connectivity index (χ1) is 2.81. The second-order valence-electron chi connectivity index (χ2n) is 1.18. The normalized spacial score (nSPS) is 13.8. The molecule has 0 spiro atoms. The second-order valence-corrected chi connectivity index (χ2v) is 1.18. The molecule has 0 unspecified atom stereocenters. The van der Waals surface area contributed by atoms with Crippen molar-refractivity contribution in [2.45, 2.75) is 13.0 Å². The summed E-state index contributed by atoms with van der Waals surface area (Å²) in [5, 5.41) is 0. The highest BCUT2D eigenvalue weighted by atomic mass is 16.5. The molecule has 0 aliphatic carbocycles. The van der Waals surface area contributed by atoms with Crippen LogP contribution in [-0.2, 0) is 4.74 Å². The van der Waals surface area contributed by atoms with Crippen LogP contribution in [0.15, 0.2) is 0 Å². The zero-order valence-corrected chi connectivity index (χ0v) is 4.27. The molecule has 36 valence electrons. The Bertz CT molecular complexity index is 23.1. The van der Waals surface area contributed by atoms with Gasteiger partial charge in [-0.05, 0) is 6.42 Å². The molecule has 0 aromatic carbocycles. The summed E-state index contributed by atoms with van der Waals surface area (Å²) in [6.07, 6.45) is 1.95. The fraction of sp³-hybridized carbons (Fsp3) is 0.600. The van der Waals surface area contributed by atoms with Crippen LogP contribution in [0.1, 0.15) is 6.92 Å². The summed E-state index contributed by atoms with van der Waals surface area (Å²) in [4.78, 5) is 0. The van der Waals surface area contributed by atoms with E-state index in [0.29, 0.717) is 0 Å². The quantitative estimate of drug-likeness (QED) is 0.456. The highest BCUT2D eigenvalue weighted by molar-refractivity contribution is 4.73. The molecule has 1 heteroatoms. The molecule has 1 nitrogen and oxygen atoms in total. The first-order valence-corrected chi connectivity index (χ1v) is 1.96. The minimum Gasteiger partial charge on any atom is -0.344 e. The van der Waals surface area contributed by atoms with Gasteiger partial charge in [0.1, 0.15) is 0 Å². The number of hydrogen-bond donors (Lipinski definition) is 0. The third kappa shape index (κ3) is 2.09. The Morgan fingerprint density at radius 2 is 2.33 bits per heavy atom. The largest absolute Gasteiger partial charge is 0.344 e. The smallest absolute Gasteiger partial charge is 0.163 e. The van der Waals surface area contributed by atoms with E-state index >= 15 is 0 Å². The summed E-state index contributed by atoms with van der Waals surface area (Å²) < 4.78 is 4.78. The van der Waals surface area contributed by atoms with Gasteiger partial charge in [-0.3, -0.25) is 0 Å². The van der Waals surface area contributed by atoms with Gasteiger partial charge in [0.15, 0.2) is 6.10 Å². The third-order valence-electron chi connectivity index (χ3n) is 0.704. The van der Waals surface area contributed by atoms with E-state index in [1.165, 1.54) is 0 Å². The minimum absolute atomic E-state index is 0.199. The molecule has 0 bridgehead atoms. The first-order valence-electron chi connectivity index (χ1n) is 1.96. The predicted octanol–water partition coefficient (Wildman–Crippen LogP) is 1.06. The van der Waals surface area contributed by atoms with Gasteiger partial charge in [-0.15, -0.1) is 6.92 Å². The first kappa shape index (κ1) is 5.83. The van der Waals surface area contributed by atoms with E-state index in [9.17, 15) is 0 Å². The van der Waals surface area contributed by atoms with Gasteiger partial charge >= 0.3 is 0 Å². The number of methoxy groups -OCH3 is 1. The van der Waals surface area contributed by atoms with E-state index in [2.05, 4.69) is 6.92 Å². The molecule has 6 heavy (non-hydrogen) atoms. The van der Waals surface area contributed by atoms with E-state index < -0.39 is 0 Å². The van der Waals surface area contributed by atoms with Gasteiger partial charge < -0.3 is 4.74 Å². The molecule has 0 amide bonds. The second kappa shape index (κ2) is 3.04. The molecule has 0 rings (SSSR count). The summed E-state index contributed by atoms with van der Waals surface area (Å²) >= 11 is 0. The fourth-order valence-corrected chi connectivity index (χ4v) is 0.0962. The van der Waals surface area contributed by atoms with E-state index in [4.69, 9.17) is 4.74 Å². The van der Waals surface area contributed by atoms with Crippen LogP contribution in [0, 0.1) is 13.3 Å². The van der Waals surface area contributed by atoms with E-state index in [1.807, 2.05) is 6.92 Å². The molecule has 0 saturated carbocycles. The molecule has 0 N–H and O–H groups in total. The SMILES string of the molecule is [CH2-][CH+][C@@H](C)OC. The Morgan fingerprint density at radius 3 is 2.33 bits per heavy atom. The molecular weight excluding hydrogens is 76.1 g/mol. The van der Waals surface area contributed by atoms with Crippen molar-refractivity contribution in [2.24, 2.45) is 0 Å². The van der Waals surface area contributed by atoms with Crippen LogP contribution in [-0.4, -0.2) is 13.2 Å². The Balaban J connectivity index is 2.75. The lowest BCUT2D eigenvalue weighted by molar-refractivity contribution is 0.147. The maximum Gasteiger partial charge on any atom is 0.163 e. The Hall–Kier alpha value is -0.170. The van der Waals surface area contributed by atoms with Crippen LogP contribution in [0.5, 0.6) is 0 Å². The van der Waals surface area contributed by atoms with Crippen molar-refractivity contribution in [2.75, 3.05) is 7.11 Å². The maximum absolute atomic E-state index is 4.78. The molecule has 1 atom stereocenters. The van der Waals surface area contributed by atoms with E-state index in [-0.39, 0.29) is 6.10 Å². The molecule has 0 heterocycles. The summed E-state index contributed by atoms with van der Waals surface area (Å²) in [5.74, 6) is 0. The molecule has 0 aliphatic heterocycles. The molecule has 0 aromatic heterocycles. The molecule has 0 saturated heterocycles. The van der Waals surface area contributed by atoms with E-state index in [1.54, 1.807) is 13.5 Å². The molecule has 0 radical (unpaired) electrons. The summed E-state index contributed by atoms with van der Waals surface area (Å²) in [5.41, 5.74) is 0. The highest BCUT2D eigenvalue weighted by Gasteiger charge is 1.93. The average Bonchev–Trinajstić information content (AvgIpc) is 1.65. The van der Waals surface area contributed by atoms with Gasteiger partial charge in [0.25, 0.3) is 0 Å². The maximum atomic E-state index is 4.78. The summed E-state index contributed by atoms with van der Waals surface area (Å²) in [6.45, 7) is 5.44. The Kier molecular flexibility index (Phi) is 2.95. The number of rotatable bonds is 2. The van der Waals surface area contributed by atoms with Crippen LogP contribution in [0.25, 0.3) is 0 Å². The van der Waals surface area contributed by atoms with Gasteiger partial charge in [-0.25, -0.2) is 0 Å². The Labute approximate surface area is 39.3 Å². The standard InChI is InChI=1S/C5H10O/c1-4-5(2)6-3/h4-5H,1H2,2-3H3/t5-/m1/s1. The lowest BCUT2D eigenvalue weighted by Gasteiger charge is -1.96. The lowest BCUT2D eigenvalue weighted by Crippen LogP contribution is -2.01. The van der Waals surface area contributed by atoms with Crippen LogP contribution in [0.2, 0.25) is 0 Å². The predicted molar refractivity (Wildman–Crippen MR) is 26.1 cm³/mol. The molecular formula is C5H10O. The zero-order valence-electron chi connectivity index (χ0n) is 4.27. The van der Waals surface area contributed by atoms with Gasteiger partial charge in [0.05, 0.1) is 0 Å². The number of ether oxygens (including phenoxy) is 1. The van der Waals surface area contributed by atoms with E-state index in [0.717, 1.165) is 0 Å². The van der Waals surface area contributed by atoms with Crippen LogP contribution in [0.3, 0.4) is 0 Å². The van der Waals surface area contributed by atoms with Gasteiger partial charge in [0, 0.05) is 14.0 Å². The average molecular weight is 86.1 g/mol. The van der Waals surface area contributed by atoms with Crippen molar-refractivity contribution in [1.82, 2.24) is 0 Å². The van der Waals surface area contributed by atoms with Crippen molar-refractivity contribution in [3.05, 3.63) is 13.3 Å². The summed E-state index contributed by atoms with van der Waals surface area (Å²) in [6, 6.07) is 0. The van der Waals surface area contributed by atoms with Crippen molar-refractivity contribution >= 4 is 0 Å². The monoisotopic (exact) mass is 86.1 g/mol. The minimum atomic E-state index is 0.199. The topological polar surface area (TPSA) is 9.23 Å². The van der Waals surface area contributed by atoms with Crippen molar-refractivity contribution < 1.29 is 4.74 Å². The van der Waals surface area contributed by atoms with Crippen molar-refractivity contribution in [3.63, 3.8) is 0 Å². The van der Waals surface area contributed by atoms with Crippen molar-refractivity contribution in [3.8, 4) is 0 Å². The zero-order chi connectivity index (χ0) is 4.99. The van der Waals surface area contributed by atoms with Crippen LogP contribution < -0.4 is 0 Å². The summed E-state index contributed by atoms with van der Waals surface area (Å²) in [7, 11) is 1.66. The fourth-order valence-electron chi connectivity index (χ4n) is 0.0962. The lowest BCUT2D eigenvalue weighted by atomic mass is 10.3. The number of hydrogen-bond acceptors (Lipinski definition) is 1. The van der Waals surface area contributed by atoms with Crippen molar-refractivity contribution in [1.29, 1.82) is 0 Å². The van der Waals surface area contributed by atoms with Gasteiger partial charge in [0.2, 0.25) is 0 Å². The van der Waals surface area contributed by atoms with Gasteiger partial charge in [-0.2, -0.15) is 0 Å². The molecule has 0 fully saturated rings. The molecule has 0 aliphatic rings. The van der Waals surface area contributed by atoms with Crippen LogP contribution in [0.4, 0.5) is 0 Å². The Morgan fingerprint density at radius 1 is 1.83 bits per heavy atom. The van der Waals surface area contributed by atoms with Gasteiger partial charge in [-0.1, -0.05) is 0 Å².